The number of amides is 1. The molecule has 2 heterocycles. The molecule has 2 aliphatic carbocycles. The lowest BCUT2D eigenvalue weighted by molar-refractivity contribution is -0.0794. The Bertz CT molecular complexity index is 1250. The average molecular weight is 560 g/mol. The van der Waals surface area contributed by atoms with E-state index in [9.17, 15) is 22.0 Å². The van der Waals surface area contributed by atoms with Crippen LogP contribution < -0.4 is 15.4 Å². The van der Waals surface area contributed by atoms with Gasteiger partial charge in [0.25, 0.3) is 11.8 Å². The van der Waals surface area contributed by atoms with E-state index in [0.717, 1.165) is 12.8 Å². The van der Waals surface area contributed by atoms with Gasteiger partial charge in [-0.05, 0) is 38.5 Å². The predicted octanol–water partition coefficient (Wildman–Crippen LogP) is 4.17. The molecule has 2 aromatic heterocycles. The third-order valence-corrected chi connectivity index (χ3v) is 9.18. The van der Waals surface area contributed by atoms with Crippen LogP contribution in [0.25, 0.3) is 11.3 Å². The van der Waals surface area contributed by atoms with Gasteiger partial charge in [0.1, 0.15) is 21.4 Å². The first-order chi connectivity index (χ1) is 17.4. The largest absolute Gasteiger partial charge is 0.496 e. The zero-order valence-electron chi connectivity index (χ0n) is 21.1. The van der Waals surface area contributed by atoms with Crippen LogP contribution in [0.2, 0.25) is 5.02 Å². The fourth-order valence-electron chi connectivity index (χ4n) is 4.99. The van der Waals surface area contributed by atoms with Crippen LogP contribution in [0.3, 0.4) is 0 Å². The van der Waals surface area contributed by atoms with Crippen molar-refractivity contribution in [2.24, 2.45) is 5.92 Å². The van der Waals surface area contributed by atoms with Gasteiger partial charge in [0, 0.05) is 50.5 Å². The average Bonchev–Trinajstić information content (AvgIpc) is 3.17. The number of hydrogen-bond donors (Lipinski definition) is 2. The highest BCUT2D eigenvalue weighted by Crippen LogP contribution is 2.41. The fourth-order valence-corrected chi connectivity index (χ4v) is 6.44. The van der Waals surface area contributed by atoms with Crippen LogP contribution in [-0.2, 0) is 16.4 Å². The number of methoxy groups -OCH3 is 1. The summed E-state index contributed by atoms with van der Waals surface area (Å²) in [6.07, 6.45) is 4.94. The van der Waals surface area contributed by atoms with E-state index in [1.807, 2.05) is 6.92 Å². The summed E-state index contributed by atoms with van der Waals surface area (Å²) in [5.74, 6) is -2.05. The molecule has 0 unspecified atom stereocenters. The van der Waals surface area contributed by atoms with Crippen molar-refractivity contribution in [3.05, 3.63) is 23.0 Å². The summed E-state index contributed by atoms with van der Waals surface area (Å²) in [7, 11) is -1.57. The van der Waals surface area contributed by atoms with Crippen LogP contribution in [0.1, 0.15) is 55.9 Å². The number of rotatable bonds is 9. The van der Waals surface area contributed by atoms with Crippen LogP contribution in [-0.4, -0.2) is 66.2 Å². The number of anilines is 1. The highest BCUT2D eigenvalue weighted by atomic mass is 35.5. The molecule has 2 fully saturated rings. The Kier molecular flexibility index (Phi) is 7.99. The second kappa shape index (κ2) is 10.7. The van der Waals surface area contributed by atoms with E-state index in [2.05, 4.69) is 20.7 Å². The summed E-state index contributed by atoms with van der Waals surface area (Å²) in [4.78, 5) is 17.3. The molecule has 4 rings (SSSR count). The Morgan fingerprint density at radius 2 is 1.95 bits per heavy atom. The van der Waals surface area contributed by atoms with E-state index in [0.29, 0.717) is 48.8 Å². The van der Waals surface area contributed by atoms with Crippen LogP contribution in [0.4, 0.5) is 14.6 Å². The summed E-state index contributed by atoms with van der Waals surface area (Å²) in [6, 6.07) is 1.25. The lowest BCUT2D eigenvalue weighted by Gasteiger charge is -2.35. The molecule has 204 valence electrons. The molecule has 2 saturated carbocycles. The predicted molar refractivity (Wildman–Crippen MR) is 137 cm³/mol. The Labute approximate surface area is 220 Å². The summed E-state index contributed by atoms with van der Waals surface area (Å²) in [5.41, 5.74) is 1.06. The fraction of sp³-hybridized carbons (Fsp3) is 0.625. The maximum absolute atomic E-state index is 13.2. The molecule has 0 radical (unpaired) electrons. The molecule has 9 nitrogen and oxygen atoms in total. The van der Waals surface area contributed by atoms with Crippen molar-refractivity contribution < 1.29 is 26.7 Å². The van der Waals surface area contributed by atoms with Crippen molar-refractivity contribution in [3.8, 4) is 17.0 Å². The molecule has 2 N–H and O–H groups in total. The van der Waals surface area contributed by atoms with E-state index in [4.69, 9.17) is 16.3 Å². The van der Waals surface area contributed by atoms with Gasteiger partial charge in [0.05, 0.1) is 28.6 Å². The number of nitrogens with zero attached hydrogens (tertiary/aromatic N) is 3. The van der Waals surface area contributed by atoms with Crippen molar-refractivity contribution in [3.63, 3.8) is 0 Å². The number of carbonyl (C=O) groups excluding carboxylic acids is 1. The topological polar surface area (TPSA) is 115 Å². The highest BCUT2D eigenvalue weighted by molar-refractivity contribution is 7.91. The Morgan fingerprint density at radius 3 is 2.51 bits per heavy atom. The lowest BCUT2D eigenvalue weighted by Crippen LogP contribution is -2.44. The second-order valence-electron chi connectivity index (χ2n) is 9.88. The van der Waals surface area contributed by atoms with E-state index in [1.54, 1.807) is 10.7 Å². The minimum Gasteiger partial charge on any atom is -0.496 e. The first kappa shape index (κ1) is 27.6. The lowest BCUT2D eigenvalue weighted by atomic mass is 9.88. The van der Waals surface area contributed by atoms with Gasteiger partial charge in [-0.15, -0.1) is 0 Å². The molecule has 2 aromatic rings. The SMILES string of the molecule is CCn1nc(C(=O)NC[C@H]2CC[C@H](S(C)(=O)=O)CC2)c(Cl)c1-c1cnc(NC2CC(F)(F)C2)cc1OC. The van der Waals surface area contributed by atoms with E-state index in [1.165, 1.54) is 19.6 Å². The first-order valence-electron chi connectivity index (χ1n) is 12.3. The molecular formula is C24H32ClF2N5O4S. The van der Waals surface area contributed by atoms with Gasteiger partial charge in [-0.2, -0.15) is 5.10 Å². The molecule has 1 amide bonds. The van der Waals surface area contributed by atoms with Crippen LogP contribution >= 0.6 is 11.6 Å². The zero-order valence-corrected chi connectivity index (χ0v) is 22.6. The van der Waals surface area contributed by atoms with Crippen molar-refractivity contribution in [2.75, 3.05) is 25.2 Å². The molecular weight excluding hydrogens is 528 g/mol. The summed E-state index contributed by atoms with van der Waals surface area (Å²) in [6.45, 7) is 2.70. The molecule has 0 aromatic carbocycles. The third-order valence-electron chi connectivity index (χ3n) is 7.14. The minimum atomic E-state index is -3.05. The van der Waals surface area contributed by atoms with E-state index < -0.39 is 21.7 Å². The summed E-state index contributed by atoms with van der Waals surface area (Å²) < 4.78 is 57.0. The van der Waals surface area contributed by atoms with Gasteiger partial charge < -0.3 is 15.4 Å². The minimum absolute atomic E-state index is 0.0734. The maximum Gasteiger partial charge on any atom is 0.273 e. The number of hydrogen-bond acceptors (Lipinski definition) is 7. The number of pyridine rings is 1. The molecule has 37 heavy (non-hydrogen) atoms. The van der Waals surface area contributed by atoms with Crippen molar-refractivity contribution in [1.29, 1.82) is 0 Å². The molecule has 0 saturated heterocycles. The Morgan fingerprint density at radius 1 is 1.27 bits per heavy atom. The number of sulfone groups is 1. The van der Waals surface area contributed by atoms with Crippen molar-refractivity contribution in [2.45, 2.75) is 69.2 Å². The smallest absolute Gasteiger partial charge is 0.273 e. The molecule has 0 aliphatic heterocycles. The van der Waals surface area contributed by atoms with E-state index >= 15 is 0 Å². The van der Waals surface area contributed by atoms with Crippen LogP contribution in [0, 0.1) is 5.92 Å². The van der Waals surface area contributed by atoms with Crippen LogP contribution in [0.15, 0.2) is 12.3 Å². The van der Waals surface area contributed by atoms with Gasteiger partial charge in [-0.1, -0.05) is 11.6 Å². The van der Waals surface area contributed by atoms with E-state index in [-0.39, 0.29) is 40.8 Å². The number of carbonyl (C=O) groups is 1. The standard InChI is InChI=1S/C24H32ClF2N5O4S/c1-4-32-22(17-13-28-19(9-18(17)36-2)30-15-10-24(26,27)11-15)20(25)21(31-32)23(33)29-12-14-5-7-16(8-6-14)37(3,34)35/h9,13-16H,4-8,10-12H2,1-3H3,(H,28,30)(H,29,33)/t14-,16-. The monoisotopic (exact) mass is 559 g/mol. The maximum atomic E-state index is 13.2. The number of ether oxygens (including phenoxy) is 1. The zero-order chi connectivity index (χ0) is 27.0. The van der Waals surface area contributed by atoms with Gasteiger partial charge >= 0.3 is 0 Å². The second-order valence-corrected chi connectivity index (χ2v) is 12.6. The van der Waals surface area contributed by atoms with Gasteiger partial charge in [0.15, 0.2) is 5.69 Å². The number of aromatic nitrogens is 3. The molecule has 2 aliphatic rings. The van der Waals surface area contributed by atoms with Crippen molar-refractivity contribution in [1.82, 2.24) is 20.1 Å². The number of nitrogens with one attached hydrogen (secondary N) is 2. The Hall–Kier alpha value is -2.47. The van der Waals surface area contributed by atoms with Gasteiger partial charge in [0.2, 0.25) is 0 Å². The third kappa shape index (κ3) is 6.17. The van der Waals surface area contributed by atoms with Gasteiger partial charge in [-0.3, -0.25) is 9.48 Å². The van der Waals surface area contributed by atoms with Crippen molar-refractivity contribution >= 4 is 33.2 Å². The van der Waals surface area contributed by atoms with Crippen LogP contribution in [0.5, 0.6) is 5.75 Å². The number of aryl methyl sites for hydroxylation is 1. The van der Waals surface area contributed by atoms with Gasteiger partial charge in [-0.25, -0.2) is 22.2 Å². The summed E-state index contributed by atoms with van der Waals surface area (Å²) in [5, 5.41) is 10.1. The first-order valence-corrected chi connectivity index (χ1v) is 14.7. The molecule has 0 bridgehead atoms. The number of alkyl halides is 2. The molecule has 0 spiro atoms. The highest BCUT2D eigenvalue weighted by Gasteiger charge is 2.45. The number of halogens is 3. The quantitative estimate of drug-likeness (QED) is 0.474. The molecule has 13 heteroatoms. The summed E-state index contributed by atoms with van der Waals surface area (Å²) >= 11 is 6.65. The molecule has 0 atom stereocenters. The normalized spacial score (nSPS) is 21.8. The Balaban J connectivity index is 1.47.